The third-order valence-electron chi connectivity index (χ3n) is 7.29. The topological polar surface area (TPSA) is 35.6 Å². The number of carbonyl (C=O) groups excluding carboxylic acids is 1. The van der Waals surface area contributed by atoms with Crippen molar-refractivity contribution in [2.45, 2.75) is 44.1 Å². The highest BCUT2D eigenvalue weighted by molar-refractivity contribution is 6.00. The van der Waals surface area contributed by atoms with E-state index in [4.69, 9.17) is 0 Å². The summed E-state index contributed by atoms with van der Waals surface area (Å²) in [4.78, 5) is 17.7. The van der Waals surface area contributed by atoms with E-state index in [1.807, 2.05) is 6.07 Å². The number of benzene rings is 2. The molecule has 1 saturated heterocycles. The lowest BCUT2D eigenvalue weighted by atomic mass is 9.76. The van der Waals surface area contributed by atoms with Crippen molar-refractivity contribution in [2.24, 2.45) is 5.92 Å². The molecule has 162 valence electrons. The van der Waals surface area contributed by atoms with Crippen LogP contribution in [-0.4, -0.2) is 38.0 Å². The van der Waals surface area contributed by atoms with E-state index in [1.165, 1.54) is 29.7 Å². The number of allylic oxidation sites excluding steroid dienone is 2. The van der Waals surface area contributed by atoms with Gasteiger partial charge in [0.05, 0.1) is 17.3 Å². The Morgan fingerprint density at radius 1 is 1.00 bits per heavy atom. The van der Waals surface area contributed by atoms with Gasteiger partial charge in [-0.3, -0.25) is 4.79 Å². The first-order valence-corrected chi connectivity index (χ1v) is 11.8. The number of para-hydroxylation sites is 1. The van der Waals surface area contributed by atoms with Gasteiger partial charge in [0.2, 0.25) is 0 Å². The Kier molecular flexibility index (Phi) is 5.47. The molecule has 31 heavy (non-hydrogen) atoms. The Bertz CT molecular complexity index is 970. The van der Waals surface area contributed by atoms with Gasteiger partial charge in [0.1, 0.15) is 0 Å². The summed E-state index contributed by atoms with van der Waals surface area (Å²) in [5.74, 6) is 1.04. The number of rotatable bonds is 3. The molecule has 1 N–H and O–H groups in total. The number of nitrogens with one attached hydrogen (secondary N) is 1. The highest BCUT2D eigenvalue weighted by Crippen LogP contribution is 2.50. The number of nitrogens with zero attached hydrogens (tertiary/aromatic N) is 2. The van der Waals surface area contributed by atoms with Gasteiger partial charge >= 0.3 is 0 Å². The van der Waals surface area contributed by atoms with Gasteiger partial charge < -0.3 is 15.1 Å². The molecule has 3 unspecified atom stereocenters. The maximum atomic E-state index is 13.5. The highest BCUT2D eigenvalue weighted by Gasteiger charge is 2.39. The number of hydrogen-bond acceptors (Lipinski definition) is 3. The molecule has 1 fully saturated rings. The second-order valence-corrected chi connectivity index (χ2v) is 9.44. The van der Waals surface area contributed by atoms with E-state index in [1.54, 1.807) is 0 Å². The van der Waals surface area contributed by atoms with Gasteiger partial charge in [-0.05, 0) is 54.5 Å². The summed E-state index contributed by atoms with van der Waals surface area (Å²) < 4.78 is 0. The molecule has 0 bridgehead atoms. The fourth-order valence-corrected chi connectivity index (χ4v) is 5.55. The second-order valence-electron chi connectivity index (χ2n) is 9.44. The normalized spacial score (nSPS) is 24.7. The molecule has 0 aromatic heterocycles. The number of fused-ring (bicyclic) bond motifs is 3. The Balaban J connectivity index is 1.51. The van der Waals surface area contributed by atoms with Crippen LogP contribution < -0.4 is 10.2 Å². The van der Waals surface area contributed by atoms with Crippen LogP contribution in [0.3, 0.4) is 0 Å². The standard InChI is InChI=1S/C27H33N3O/c1-29(2)20-15-13-19(14-16-20)25-22-10-7-9-21(22)23-11-8-12-24(26(23)28-25)27(31)30-17-5-3-4-6-18-30/h7-9,11-16,21-22,25,28H,3-6,10,17-18H2,1-2H3. The molecule has 1 amide bonds. The van der Waals surface area contributed by atoms with E-state index in [2.05, 4.69) is 77.8 Å². The first kappa shape index (κ1) is 20.2. The minimum Gasteiger partial charge on any atom is -0.378 e. The smallest absolute Gasteiger partial charge is 0.255 e. The lowest BCUT2D eigenvalue weighted by molar-refractivity contribution is 0.0762. The predicted molar refractivity (Wildman–Crippen MR) is 128 cm³/mol. The largest absolute Gasteiger partial charge is 0.378 e. The van der Waals surface area contributed by atoms with Gasteiger partial charge in [-0.1, -0.05) is 49.3 Å². The number of likely N-dealkylation sites (tertiary alicyclic amines) is 1. The van der Waals surface area contributed by atoms with Crippen molar-refractivity contribution >= 4 is 17.3 Å². The molecule has 0 radical (unpaired) electrons. The molecule has 5 rings (SSSR count). The number of carbonyl (C=O) groups is 1. The van der Waals surface area contributed by atoms with Crippen molar-refractivity contribution in [3.63, 3.8) is 0 Å². The second kappa shape index (κ2) is 8.41. The van der Waals surface area contributed by atoms with Crippen molar-refractivity contribution in [2.75, 3.05) is 37.4 Å². The number of amides is 1. The summed E-state index contributed by atoms with van der Waals surface area (Å²) in [6.45, 7) is 1.76. The van der Waals surface area contributed by atoms with E-state index < -0.39 is 0 Å². The van der Waals surface area contributed by atoms with Gasteiger partial charge in [-0.2, -0.15) is 0 Å². The average Bonchev–Trinajstić information content (AvgIpc) is 3.13. The molecule has 4 heteroatoms. The molecule has 2 aromatic rings. The molecular weight excluding hydrogens is 382 g/mol. The molecule has 2 aromatic carbocycles. The Morgan fingerprint density at radius 2 is 1.74 bits per heavy atom. The minimum atomic E-state index is 0.188. The Morgan fingerprint density at radius 3 is 2.45 bits per heavy atom. The van der Waals surface area contributed by atoms with Crippen molar-refractivity contribution in [1.82, 2.24) is 4.90 Å². The molecule has 3 aliphatic rings. The van der Waals surface area contributed by atoms with Gasteiger partial charge in [0.25, 0.3) is 5.91 Å². The molecule has 2 heterocycles. The third-order valence-corrected chi connectivity index (χ3v) is 7.29. The molecule has 0 spiro atoms. The third kappa shape index (κ3) is 3.73. The maximum Gasteiger partial charge on any atom is 0.255 e. The summed E-state index contributed by atoms with van der Waals surface area (Å²) >= 11 is 0. The maximum absolute atomic E-state index is 13.5. The van der Waals surface area contributed by atoms with Crippen LogP contribution in [0.2, 0.25) is 0 Å². The van der Waals surface area contributed by atoms with Crippen molar-refractivity contribution < 1.29 is 4.79 Å². The molecule has 3 atom stereocenters. The highest BCUT2D eigenvalue weighted by atomic mass is 16.2. The van der Waals surface area contributed by atoms with Crippen LogP contribution in [0.15, 0.2) is 54.6 Å². The van der Waals surface area contributed by atoms with E-state index in [-0.39, 0.29) is 11.9 Å². The quantitative estimate of drug-likeness (QED) is 0.663. The van der Waals surface area contributed by atoms with Crippen LogP contribution in [0.5, 0.6) is 0 Å². The lowest BCUT2D eigenvalue weighted by Crippen LogP contribution is -2.35. The van der Waals surface area contributed by atoms with Crippen LogP contribution in [0, 0.1) is 5.92 Å². The Hall–Kier alpha value is -2.75. The molecular formula is C27H33N3O. The van der Waals surface area contributed by atoms with Gasteiger partial charge in [-0.15, -0.1) is 0 Å². The zero-order valence-electron chi connectivity index (χ0n) is 18.7. The van der Waals surface area contributed by atoms with Crippen LogP contribution in [-0.2, 0) is 0 Å². The lowest BCUT2D eigenvalue weighted by Gasteiger charge is -2.39. The van der Waals surface area contributed by atoms with Gasteiger partial charge in [-0.25, -0.2) is 0 Å². The van der Waals surface area contributed by atoms with Gasteiger partial charge in [0.15, 0.2) is 0 Å². The summed E-state index contributed by atoms with van der Waals surface area (Å²) in [6.07, 6.45) is 10.4. The zero-order valence-corrected chi connectivity index (χ0v) is 18.7. The molecule has 2 aliphatic heterocycles. The van der Waals surface area contributed by atoms with Crippen molar-refractivity contribution in [3.05, 3.63) is 71.3 Å². The monoisotopic (exact) mass is 415 g/mol. The molecule has 0 saturated carbocycles. The zero-order chi connectivity index (χ0) is 21.4. The van der Waals surface area contributed by atoms with E-state index >= 15 is 0 Å². The van der Waals surface area contributed by atoms with Crippen LogP contribution in [0.1, 0.15) is 65.5 Å². The summed E-state index contributed by atoms with van der Waals surface area (Å²) in [7, 11) is 4.14. The van der Waals surface area contributed by atoms with Gasteiger partial charge in [0, 0.05) is 38.8 Å². The van der Waals surface area contributed by atoms with E-state index in [9.17, 15) is 4.79 Å². The first-order chi connectivity index (χ1) is 15.1. The van der Waals surface area contributed by atoms with Crippen LogP contribution in [0.25, 0.3) is 0 Å². The summed E-state index contributed by atoms with van der Waals surface area (Å²) in [5.41, 5.74) is 5.67. The Labute approximate surface area is 185 Å². The average molecular weight is 416 g/mol. The van der Waals surface area contributed by atoms with Crippen molar-refractivity contribution in [3.8, 4) is 0 Å². The number of anilines is 2. The molecule has 4 nitrogen and oxygen atoms in total. The fourth-order valence-electron chi connectivity index (χ4n) is 5.55. The fraction of sp³-hybridized carbons (Fsp3) is 0.444. The minimum absolute atomic E-state index is 0.188. The predicted octanol–water partition coefficient (Wildman–Crippen LogP) is 5.60. The van der Waals surface area contributed by atoms with Crippen LogP contribution >= 0.6 is 0 Å². The van der Waals surface area contributed by atoms with E-state index in [0.717, 1.165) is 43.6 Å². The first-order valence-electron chi connectivity index (χ1n) is 11.8. The SMILES string of the molecule is CN(C)c1ccc(C2Nc3c(C(=O)N4CCCCCC4)cccc3C3C=CCC32)cc1. The summed E-state index contributed by atoms with van der Waals surface area (Å²) in [5, 5.41) is 3.84. The van der Waals surface area contributed by atoms with Crippen molar-refractivity contribution in [1.29, 1.82) is 0 Å². The van der Waals surface area contributed by atoms with Crippen LogP contribution in [0.4, 0.5) is 11.4 Å². The van der Waals surface area contributed by atoms with E-state index in [0.29, 0.717) is 11.8 Å². The molecule has 1 aliphatic carbocycles. The summed E-state index contributed by atoms with van der Waals surface area (Å²) in [6, 6.07) is 15.4. The number of hydrogen-bond donors (Lipinski definition) is 1.